The topological polar surface area (TPSA) is 46.8 Å². The van der Waals surface area contributed by atoms with Crippen molar-refractivity contribution in [3.8, 4) is 5.75 Å². The summed E-state index contributed by atoms with van der Waals surface area (Å²) < 4.78 is 8.70. The predicted molar refractivity (Wildman–Crippen MR) is 112 cm³/mol. The average Bonchev–Trinajstić information content (AvgIpc) is 2.96. The van der Waals surface area contributed by atoms with Crippen molar-refractivity contribution < 1.29 is 4.74 Å². The number of ether oxygens (including phenoxy) is 1. The second-order valence-corrected chi connectivity index (χ2v) is 8.71. The van der Waals surface area contributed by atoms with Gasteiger partial charge in [-0.05, 0) is 36.8 Å². The van der Waals surface area contributed by atoms with Crippen LogP contribution in [0.5, 0.6) is 5.75 Å². The minimum absolute atomic E-state index is 0.0178. The molecule has 0 aliphatic carbocycles. The number of para-hydroxylation sites is 1. The lowest BCUT2D eigenvalue weighted by Crippen LogP contribution is -2.49. The first kappa shape index (κ1) is 17.3. The SMILES string of the molecule is CN(C)c1ccc(C=c2sc3n(c2=O)C2CC(C)(N=3)Oc3ccccc32)cc1. The molecule has 0 saturated carbocycles. The Balaban J connectivity index is 1.67. The summed E-state index contributed by atoms with van der Waals surface area (Å²) in [6, 6.07) is 16.1. The molecule has 2 aliphatic heterocycles. The van der Waals surface area contributed by atoms with Crippen molar-refractivity contribution in [1.29, 1.82) is 0 Å². The van der Waals surface area contributed by atoms with Gasteiger partial charge >= 0.3 is 0 Å². The highest BCUT2D eigenvalue weighted by Gasteiger charge is 2.42. The fourth-order valence-corrected chi connectivity index (χ4v) is 5.08. The zero-order valence-corrected chi connectivity index (χ0v) is 16.9. The molecule has 0 fully saturated rings. The summed E-state index contributed by atoms with van der Waals surface area (Å²) in [6.45, 7) is 1.99. The van der Waals surface area contributed by atoms with Gasteiger partial charge in [-0.2, -0.15) is 0 Å². The monoisotopic (exact) mass is 391 g/mol. The van der Waals surface area contributed by atoms with Gasteiger partial charge in [-0.15, -0.1) is 0 Å². The molecule has 0 radical (unpaired) electrons. The lowest BCUT2D eigenvalue weighted by molar-refractivity contribution is 0.0410. The minimum Gasteiger partial charge on any atom is -0.466 e. The summed E-state index contributed by atoms with van der Waals surface area (Å²) >= 11 is 1.44. The van der Waals surface area contributed by atoms with E-state index in [-0.39, 0.29) is 11.6 Å². The van der Waals surface area contributed by atoms with E-state index in [4.69, 9.17) is 9.73 Å². The number of fused-ring (bicyclic) bond motifs is 6. The molecule has 5 nitrogen and oxygen atoms in total. The molecule has 0 spiro atoms. The Labute approximate surface area is 166 Å². The zero-order chi connectivity index (χ0) is 19.5. The van der Waals surface area contributed by atoms with Crippen LogP contribution in [0.25, 0.3) is 6.08 Å². The van der Waals surface area contributed by atoms with Crippen molar-refractivity contribution >= 4 is 23.1 Å². The highest BCUT2D eigenvalue weighted by Crippen LogP contribution is 2.42. The van der Waals surface area contributed by atoms with Gasteiger partial charge in [0.1, 0.15) is 5.75 Å². The molecule has 0 saturated heterocycles. The number of thiazole rings is 1. The summed E-state index contributed by atoms with van der Waals surface area (Å²) in [6.07, 6.45) is 2.62. The van der Waals surface area contributed by atoms with E-state index >= 15 is 0 Å². The maximum absolute atomic E-state index is 13.2. The lowest BCUT2D eigenvalue weighted by Gasteiger charge is -2.39. The zero-order valence-electron chi connectivity index (χ0n) is 16.0. The van der Waals surface area contributed by atoms with Crippen LogP contribution in [-0.4, -0.2) is 24.4 Å². The molecule has 2 atom stereocenters. The van der Waals surface area contributed by atoms with Crippen molar-refractivity contribution in [2.75, 3.05) is 19.0 Å². The van der Waals surface area contributed by atoms with Crippen LogP contribution in [0, 0.1) is 0 Å². The van der Waals surface area contributed by atoms with Crippen molar-refractivity contribution in [1.82, 2.24) is 4.57 Å². The van der Waals surface area contributed by atoms with Gasteiger partial charge < -0.3 is 9.64 Å². The first-order chi connectivity index (χ1) is 13.4. The van der Waals surface area contributed by atoms with Crippen LogP contribution in [0.4, 0.5) is 5.69 Å². The van der Waals surface area contributed by atoms with E-state index in [1.54, 1.807) is 0 Å². The van der Waals surface area contributed by atoms with E-state index < -0.39 is 5.72 Å². The van der Waals surface area contributed by atoms with Crippen LogP contribution < -0.4 is 24.5 Å². The van der Waals surface area contributed by atoms with Gasteiger partial charge in [0.05, 0.1) is 10.6 Å². The highest BCUT2D eigenvalue weighted by molar-refractivity contribution is 7.07. The Bertz CT molecular complexity index is 1240. The fraction of sp³-hybridized carbons (Fsp3) is 0.273. The number of anilines is 1. The number of benzene rings is 2. The van der Waals surface area contributed by atoms with Gasteiger partial charge in [-0.25, -0.2) is 4.99 Å². The standard InChI is InChI=1S/C22H21N3O2S/c1-22-13-17(16-6-4-5-7-18(16)27-22)25-20(26)19(28-21(25)23-22)12-14-8-10-15(11-9-14)24(2)3/h4-12,17H,13H2,1-3H3. The van der Waals surface area contributed by atoms with E-state index in [2.05, 4.69) is 17.0 Å². The molecule has 1 aromatic heterocycles. The third-order valence-electron chi connectivity index (χ3n) is 5.37. The molecular weight excluding hydrogens is 370 g/mol. The Hall–Kier alpha value is -2.86. The minimum atomic E-state index is -0.624. The highest BCUT2D eigenvalue weighted by atomic mass is 32.1. The fourth-order valence-electron chi connectivity index (χ4n) is 3.96. The Morgan fingerprint density at radius 1 is 1.21 bits per heavy atom. The number of hydrogen-bond acceptors (Lipinski definition) is 5. The van der Waals surface area contributed by atoms with E-state index in [9.17, 15) is 4.79 Å². The molecule has 3 heterocycles. The van der Waals surface area contributed by atoms with E-state index in [0.717, 1.165) is 27.4 Å². The normalized spacial score (nSPS) is 22.7. The summed E-state index contributed by atoms with van der Waals surface area (Å²) in [7, 11) is 4.02. The summed E-state index contributed by atoms with van der Waals surface area (Å²) in [5, 5.41) is 0. The molecule has 3 aromatic rings. The third kappa shape index (κ3) is 2.67. The number of aromatic nitrogens is 1. The van der Waals surface area contributed by atoms with Gasteiger partial charge in [0.2, 0.25) is 5.72 Å². The quantitative estimate of drug-likeness (QED) is 0.674. The van der Waals surface area contributed by atoms with Crippen molar-refractivity contribution in [2.24, 2.45) is 4.99 Å². The number of hydrogen-bond donors (Lipinski definition) is 0. The average molecular weight is 391 g/mol. The maximum Gasteiger partial charge on any atom is 0.270 e. The maximum atomic E-state index is 13.2. The molecule has 2 aliphatic rings. The molecule has 5 rings (SSSR count). The molecule has 2 aromatic carbocycles. The summed E-state index contributed by atoms with van der Waals surface area (Å²) in [4.78, 5) is 20.8. The molecule has 2 bridgehead atoms. The van der Waals surface area contributed by atoms with Crippen LogP contribution in [0.15, 0.2) is 58.3 Å². The van der Waals surface area contributed by atoms with Crippen LogP contribution in [-0.2, 0) is 0 Å². The van der Waals surface area contributed by atoms with Crippen LogP contribution >= 0.6 is 11.3 Å². The third-order valence-corrected chi connectivity index (χ3v) is 6.35. The summed E-state index contributed by atoms with van der Waals surface area (Å²) in [5.41, 5.74) is 2.58. The molecule has 142 valence electrons. The molecule has 2 unspecified atom stereocenters. The van der Waals surface area contributed by atoms with E-state index in [1.165, 1.54) is 11.3 Å². The predicted octanol–water partition coefficient (Wildman–Crippen LogP) is 2.53. The first-order valence-corrected chi connectivity index (χ1v) is 10.1. The number of rotatable bonds is 2. The molecule has 0 N–H and O–H groups in total. The van der Waals surface area contributed by atoms with Crippen molar-refractivity contribution in [3.05, 3.63) is 79.3 Å². The second kappa shape index (κ2) is 6.07. The molecule has 6 heteroatoms. The molecular formula is C22H21N3O2S. The molecule has 0 amide bonds. The van der Waals surface area contributed by atoms with Crippen LogP contribution in [0.1, 0.15) is 30.5 Å². The largest absolute Gasteiger partial charge is 0.466 e. The number of nitrogens with zero attached hydrogens (tertiary/aromatic N) is 3. The van der Waals surface area contributed by atoms with Crippen molar-refractivity contribution in [2.45, 2.75) is 25.1 Å². The van der Waals surface area contributed by atoms with Crippen molar-refractivity contribution in [3.63, 3.8) is 0 Å². The Morgan fingerprint density at radius 3 is 2.71 bits per heavy atom. The lowest BCUT2D eigenvalue weighted by atomic mass is 9.93. The van der Waals surface area contributed by atoms with E-state index in [1.807, 2.05) is 68.1 Å². The van der Waals surface area contributed by atoms with Gasteiger partial charge in [0.25, 0.3) is 5.56 Å². The smallest absolute Gasteiger partial charge is 0.270 e. The second-order valence-electron chi connectivity index (χ2n) is 7.70. The molecule has 28 heavy (non-hydrogen) atoms. The van der Waals surface area contributed by atoms with Crippen LogP contribution in [0.3, 0.4) is 0 Å². The first-order valence-electron chi connectivity index (χ1n) is 9.32. The van der Waals surface area contributed by atoms with Gasteiger partial charge in [0, 0.05) is 31.8 Å². The van der Waals surface area contributed by atoms with Gasteiger partial charge in [-0.3, -0.25) is 9.36 Å². The van der Waals surface area contributed by atoms with Gasteiger partial charge in [-0.1, -0.05) is 41.7 Å². The summed E-state index contributed by atoms with van der Waals surface area (Å²) in [5.74, 6) is 0.818. The van der Waals surface area contributed by atoms with Gasteiger partial charge in [0.15, 0.2) is 4.80 Å². The van der Waals surface area contributed by atoms with E-state index in [0.29, 0.717) is 11.0 Å². The van der Waals surface area contributed by atoms with Crippen LogP contribution in [0.2, 0.25) is 0 Å². The Kier molecular flexibility index (Phi) is 3.74. The Morgan fingerprint density at radius 2 is 1.96 bits per heavy atom.